The van der Waals surface area contributed by atoms with E-state index in [0.29, 0.717) is 25.3 Å². The van der Waals surface area contributed by atoms with Crippen LogP contribution in [0.3, 0.4) is 0 Å². The van der Waals surface area contributed by atoms with Gasteiger partial charge in [-0.1, -0.05) is 12.1 Å². The first kappa shape index (κ1) is 16.4. The number of hydrogen-bond acceptors (Lipinski definition) is 6. The van der Waals surface area contributed by atoms with E-state index in [1.807, 2.05) is 17.5 Å². The molecule has 3 aromatic rings. The fourth-order valence-electron chi connectivity index (χ4n) is 2.91. The number of sulfonamides is 1. The van der Waals surface area contributed by atoms with Gasteiger partial charge in [0, 0.05) is 6.54 Å². The lowest BCUT2D eigenvalue weighted by Crippen LogP contribution is -2.31. The highest BCUT2D eigenvalue weighted by Crippen LogP contribution is 2.37. The zero-order valence-corrected chi connectivity index (χ0v) is 14.6. The van der Waals surface area contributed by atoms with Crippen molar-refractivity contribution in [3.63, 3.8) is 0 Å². The molecule has 0 N–H and O–H groups in total. The molecule has 0 spiro atoms. The Balaban J connectivity index is 1.67. The van der Waals surface area contributed by atoms with E-state index in [1.54, 1.807) is 0 Å². The van der Waals surface area contributed by atoms with Gasteiger partial charge in [0.25, 0.3) is 5.89 Å². The minimum atomic E-state index is -3.83. The summed E-state index contributed by atoms with van der Waals surface area (Å²) >= 11 is 1.47. The van der Waals surface area contributed by atoms with E-state index in [4.69, 9.17) is 4.42 Å². The maximum atomic E-state index is 13.4. The highest BCUT2D eigenvalue weighted by molar-refractivity contribution is 7.89. The van der Waals surface area contributed by atoms with Gasteiger partial charge in [-0.15, -0.1) is 21.5 Å². The molecule has 4 rings (SSSR count). The zero-order valence-electron chi connectivity index (χ0n) is 13.0. The van der Waals surface area contributed by atoms with E-state index in [-0.39, 0.29) is 10.8 Å². The molecule has 1 atom stereocenters. The summed E-state index contributed by atoms with van der Waals surface area (Å²) in [6, 6.07) is 8.21. The van der Waals surface area contributed by atoms with Gasteiger partial charge in [0.1, 0.15) is 11.9 Å². The minimum Gasteiger partial charge on any atom is -0.418 e. The molecule has 0 aliphatic carbocycles. The molecule has 2 aromatic heterocycles. The summed E-state index contributed by atoms with van der Waals surface area (Å²) < 4.78 is 46.2. The molecule has 25 heavy (non-hydrogen) atoms. The molecule has 1 saturated heterocycles. The summed E-state index contributed by atoms with van der Waals surface area (Å²) in [5.74, 6) is 0.0514. The molecule has 3 heterocycles. The summed E-state index contributed by atoms with van der Waals surface area (Å²) in [6.07, 6.45) is 1.26. The topological polar surface area (TPSA) is 76.3 Å². The van der Waals surface area contributed by atoms with Crippen LogP contribution in [0, 0.1) is 5.82 Å². The third-order valence-electron chi connectivity index (χ3n) is 4.06. The van der Waals surface area contributed by atoms with Crippen LogP contribution in [0.15, 0.2) is 51.1 Å². The van der Waals surface area contributed by atoms with Crippen molar-refractivity contribution in [1.29, 1.82) is 0 Å². The van der Waals surface area contributed by atoms with E-state index in [9.17, 15) is 12.8 Å². The van der Waals surface area contributed by atoms with E-state index in [1.165, 1.54) is 33.8 Å². The van der Waals surface area contributed by atoms with Gasteiger partial charge in [-0.3, -0.25) is 0 Å². The Morgan fingerprint density at radius 1 is 1.24 bits per heavy atom. The summed E-state index contributed by atoms with van der Waals surface area (Å²) in [5.41, 5.74) is 0. The first-order valence-electron chi connectivity index (χ1n) is 7.70. The Labute approximate surface area is 148 Å². The predicted molar refractivity (Wildman–Crippen MR) is 89.9 cm³/mol. The van der Waals surface area contributed by atoms with Crippen LogP contribution in [-0.4, -0.2) is 29.5 Å². The Bertz CT molecular complexity index is 986. The van der Waals surface area contributed by atoms with E-state index in [2.05, 4.69) is 10.2 Å². The van der Waals surface area contributed by atoms with Crippen LogP contribution >= 0.6 is 11.3 Å². The third-order valence-corrected chi connectivity index (χ3v) is 6.83. The van der Waals surface area contributed by atoms with Crippen molar-refractivity contribution < 1.29 is 17.2 Å². The highest BCUT2D eigenvalue weighted by atomic mass is 32.2. The quantitative estimate of drug-likeness (QED) is 0.694. The molecule has 0 amide bonds. The number of benzene rings is 1. The zero-order chi connectivity index (χ0) is 17.4. The Kier molecular flexibility index (Phi) is 4.14. The molecule has 6 nitrogen and oxygen atoms in total. The van der Waals surface area contributed by atoms with Crippen molar-refractivity contribution in [3.8, 4) is 10.8 Å². The lowest BCUT2D eigenvalue weighted by atomic mass is 10.2. The van der Waals surface area contributed by atoms with Crippen molar-refractivity contribution >= 4 is 21.4 Å². The molecule has 0 radical (unpaired) electrons. The predicted octanol–water partition coefficient (Wildman–Crippen LogP) is 3.46. The summed E-state index contributed by atoms with van der Waals surface area (Å²) in [7, 11) is -3.83. The van der Waals surface area contributed by atoms with Crippen molar-refractivity contribution in [2.24, 2.45) is 0 Å². The van der Waals surface area contributed by atoms with E-state index < -0.39 is 21.9 Å². The summed E-state index contributed by atoms with van der Waals surface area (Å²) in [6.45, 7) is 0.334. The monoisotopic (exact) mass is 379 g/mol. The normalized spacial score (nSPS) is 18.7. The molecule has 1 fully saturated rings. The highest BCUT2D eigenvalue weighted by Gasteiger charge is 2.39. The maximum absolute atomic E-state index is 13.4. The first-order chi connectivity index (χ1) is 12.1. The lowest BCUT2D eigenvalue weighted by Gasteiger charge is -2.21. The van der Waals surface area contributed by atoms with E-state index >= 15 is 0 Å². The van der Waals surface area contributed by atoms with Crippen molar-refractivity contribution in [2.75, 3.05) is 6.54 Å². The largest absolute Gasteiger partial charge is 0.418 e. The molecule has 1 aliphatic rings. The van der Waals surface area contributed by atoms with Crippen LogP contribution in [0.4, 0.5) is 4.39 Å². The van der Waals surface area contributed by atoms with Gasteiger partial charge < -0.3 is 4.42 Å². The lowest BCUT2D eigenvalue weighted by molar-refractivity contribution is 0.332. The number of thiophene rings is 1. The third kappa shape index (κ3) is 2.99. The summed E-state index contributed by atoms with van der Waals surface area (Å²) in [5, 5.41) is 9.96. The van der Waals surface area contributed by atoms with Gasteiger partial charge >= 0.3 is 0 Å². The smallest absolute Gasteiger partial charge is 0.257 e. The molecule has 130 valence electrons. The second-order valence-corrected chi connectivity index (χ2v) is 8.49. The summed E-state index contributed by atoms with van der Waals surface area (Å²) in [4.78, 5) is 0.758. The van der Waals surface area contributed by atoms with Crippen LogP contribution in [0.2, 0.25) is 0 Å². The van der Waals surface area contributed by atoms with Gasteiger partial charge in [-0.05, 0) is 42.5 Å². The van der Waals surface area contributed by atoms with Crippen molar-refractivity contribution in [2.45, 2.75) is 23.8 Å². The molecular formula is C16H14FN3O3S2. The molecule has 0 unspecified atom stereocenters. The van der Waals surface area contributed by atoms with Gasteiger partial charge in [0.15, 0.2) is 0 Å². The van der Waals surface area contributed by atoms with Crippen LogP contribution in [0.1, 0.15) is 24.8 Å². The second kappa shape index (κ2) is 6.32. The number of hydrogen-bond donors (Lipinski definition) is 0. The SMILES string of the molecule is O=S(=O)(c1cccc(F)c1)N1CCC[C@@H]1c1nnc(-c2cccs2)o1. The maximum Gasteiger partial charge on any atom is 0.257 e. The minimum absolute atomic E-state index is 0.0719. The van der Waals surface area contributed by atoms with Crippen LogP contribution in [-0.2, 0) is 10.0 Å². The van der Waals surface area contributed by atoms with Gasteiger partial charge in [0.05, 0.1) is 9.77 Å². The average Bonchev–Trinajstić information content (AvgIpc) is 3.33. The van der Waals surface area contributed by atoms with Crippen molar-refractivity contribution in [3.05, 3.63) is 53.5 Å². The number of halogens is 1. The fourth-order valence-corrected chi connectivity index (χ4v) is 5.23. The molecular weight excluding hydrogens is 365 g/mol. The molecule has 0 saturated carbocycles. The fraction of sp³-hybridized carbons (Fsp3) is 0.250. The van der Waals surface area contributed by atoms with Crippen LogP contribution in [0.25, 0.3) is 10.8 Å². The Hall–Kier alpha value is -2.10. The van der Waals surface area contributed by atoms with Gasteiger partial charge in [0.2, 0.25) is 15.9 Å². The van der Waals surface area contributed by atoms with Crippen LogP contribution < -0.4 is 0 Å². The molecule has 1 aromatic carbocycles. The van der Waals surface area contributed by atoms with Gasteiger partial charge in [-0.25, -0.2) is 12.8 Å². The second-order valence-electron chi connectivity index (χ2n) is 5.65. The standard InChI is InChI=1S/C16H14FN3O3S2/c17-11-4-1-5-12(10-11)25(21,22)20-8-2-6-13(20)15-18-19-16(23-15)14-7-3-9-24-14/h1,3-5,7,9-10,13H,2,6,8H2/t13-/m1/s1. The number of nitrogens with zero attached hydrogens (tertiary/aromatic N) is 3. The van der Waals surface area contributed by atoms with E-state index in [0.717, 1.165) is 10.9 Å². The Morgan fingerprint density at radius 3 is 2.88 bits per heavy atom. The average molecular weight is 379 g/mol. The van der Waals surface area contributed by atoms with Gasteiger partial charge in [-0.2, -0.15) is 4.31 Å². The molecule has 9 heteroatoms. The van der Waals surface area contributed by atoms with Crippen molar-refractivity contribution in [1.82, 2.24) is 14.5 Å². The number of aromatic nitrogens is 2. The Morgan fingerprint density at radius 2 is 2.12 bits per heavy atom. The first-order valence-corrected chi connectivity index (χ1v) is 10.0. The van der Waals surface area contributed by atoms with Crippen LogP contribution in [0.5, 0.6) is 0 Å². The molecule has 1 aliphatic heterocycles. The number of rotatable bonds is 4. The molecule has 0 bridgehead atoms.